The number of ether oxygens (including phenoxy) is 1. The highest BCUT2D eigenvalue weighted by molar-refractivity contribution is 6.37. The SMILES string of the molecule is Cc1ccc(N2C(=O)[C@H]3[C@@H](c4ccccc4Cl)OC4(C(=O)c5ccccc5C4=O)[C@@H]3C2=O)cc1C. The van der Waals surface area contributed by atoms with E-state index in [1.165, 1.54) is 0 Å². The predicted octanol–water partition coefficient (Wildman–Crippen LogP) is 4.65. The first-order valence-corrected chi connectivity index (χ1v) is 11.7. The normalized spacial score (nSPS) is 24.4. The van der Waals surface area contributed by atoms with Crippen LogP contribution in [0.15, 0.2) is 66.7 Å². The zero-order chi connectivity index (χ0) is 24.6. The molecule has 35 heavy (non-hydrogen) atoms. The molecular weight excluding hydrogens is 466 g/mol. The molecule has 174 valence electrons. The average molecular weight is 486 g/mol. The lowest BCUT2D eigenvalue weighted by Gasteiger charge is -2.27. The van der Waals surface area contributed by atoms with Crippen LogP contribution in [0, 0.1) is 25.7 Å². The Balaban J connectivity index is 1.56. The maximum atomic E-state index is 13.9. The van der Waals surface area contributed by atoms with Gasteiger partial charge in [-0.15, -0.1) is 0 Å². The lowest BCUT2D eigenvalue weighted by atomic mass is 9.77. The van der Waals surface area contributed by atoms with Crippen LogP contribution in [0.25, 0.3) is 0 Å². The van der Waals surface area contributed by atoms with E-state index in [1.807, 2.05) is 19.9 Å². The monoisotopic (exact) mass is 485 g/mol. The van der Waals surface area contributed by atoms with Crippen LogP contribution in [-0.2, 0) is 14.3 Å². The maximum absolute atomic E-state index is 13.9. The first kappa shape index (κ1) is 21.9. The lowest BCUT2D eigenvalue weighted by molar-refractivity contribution is -0.127. The molecule has 0 N–H and O–H groups in total. The first-order valence-electron chi connectivity index (χ1n) is 11.3. The number of nitrogens with zero attached hydrogens (tertiary/aromatic N) is 1. The molecule has 0 saturated carbocycles. The highest BCUT2D eigenvalue weighted by atomic mass is 35.5. The summed E-state index contributed by atoms with van der Waals surface area (Å²) in [6.45, 7) is 3.83. The molecule has 1 aliphatic carbocycles. The third-order valence-corrected chi connectivity index (χ3v) is 7.82. The van der Waals surface area contributed by atoms with Crippen LogP contribution >= 0.6 is 11.6 Å². The minimum Gasteiger partial charge on any atom is -0.349 e. The van der Waals surface area contributed by atoms with Crippen molar-refractivity contribution in [3.05, 3.63) is 99.6 Å². The number of aryl methyl sites for hydroxylation is 2. The van der Waals surface area contributed by atoms with Crippen molar-refractivity contribution < 1.29 is 23.9 Å². The molecule has 1 spiro atoms. The van der Waals surface area contributed by atoms with Crippen molar-refractivity contribution in [3.8, 4) is 0 Å². The molecule has 2 aliphatic heterocycles. The summed E-state index contributed by atoms with van der Waals surface area (Å²) in [4.78, 5) is 56.5. The quantitative estimate of drug-likeness (QED) is 0.390. The van der Waals surface area contributed by atoms with Gasteiger partial charge in [0.2, 0.25) is 29.0 Å². The standard InChI is InChI=1S/C28H20ClNO5/c1-14-11-12-16(13-15(14)2)30-26(33)21-22(27(30)34)28(35-23(21)19-9-5-6-10-20(19)29)24(31)17-7-3-4-8-18(17)25(28)32/h3-13,21-23H,1-2H3/t21-,22+,23-/m1/s1. The number of halogens is 1. The lowest BCUT2D eigenvalue weighted by Crippen LogP contribution is -2.51. The largest absolute Gasteiger partial charge is 0.349 e. The summed E-state index contributed by atoms with van der Waals surface area (Å²) in [5, 5.41) is 0.327. The van der Waals surface area contributed by atoms with E-state index in [-0.39, 0.29) is 11.1 Å². The van der Waals surface area contributed by atoms with Crippen LogP contribution in [0.2, 0.25) is 5.02 Å². The zero-order valence-electron chi connectivity index (χ0n) is 18.9. The molecule has 0 bridgehead atoms. The first-order chi connectivity index (χ1) is 16.8. The summed E-state index contributed by atoms with van der Waals surface area (Å²) < 4.78 is 6.27. The number of carbonyl (C=O) groups excluding carboxylic acids is 4. The highest BCUT2D eigenvalue weighted by Crippen LogP contribution is 2.58. The summed E-state index contributed by atoms with van der Waals surface area (Å²) in [6, 6.07) is 18.5. The van der Waals surface area contributed by atoms with Crippen molar-refractivity contribution in [2.75, 3.05) is 4.90 Å². The molecule has 2 heterocycles. The van der Waals surface area contributed by atoms with Crippen molar-refractivity contribution in [1.82, 2.24) is 0 Å². The Morgan fingerprint density at radius 3 is 2.06 bits per heavy atom. The van der Waals surface area contributed by atoms with Crippen molar-refractivity contribution in [2.45, 2.75) is 25.6 Å². The number of Topliss-reactive ketones (excluding diaryl/α,β-unsaturated/α-hetero) is 2. The van der Waals surface area contributed by atoms with Gasteiger partial charge in [-0.3, -0.25) is 19.2 Å². The third-order valence-electron chi connectivity index (χ3n) is 7.48. The number of benzene rings is 3. The molecule has 0 radical (unpaired) electrons. The van der Waals surface area contributed by atoms with Crippen molar-refractivity contribution in [2.24, 2.45) is 11.8 Å². The molecule has 6 rings (SSSR count). The number of hydrogen-bond acceptors (Lipinski definition) is 5. The van der Waals surface area contributed by atoms with Gasteiger partial charge in [0, 0.05) is 21.7 Å². The Morgan fingerprint density at radius 2 is 1.43 bits per heavy atom. The number of anilines is 1. The van der Waals surface area contributed by atoms with Crippen LogP contribution in [0.5, 0.6) is 0 Å². The number of fused-ring (bicyclic) bond motifs is 3. The van der Waals surface area contributed by atoms with Gasteiger partial charge in [0.05, 0.1) is 23.6 Å². The summed E-state index contributed by atoms with van der Waals surface area (Å²) in [6.07, 6.45) is -1.04. The van der Waals surface area contributed by atoms with E-state index in [2.05, 4.69) is 0 Å². The molecule has 2 amide bonds. The molecule has 0 unspecified atom stereocenters. The number of imide groups is 1. The highest BCUT2D eigenvalue weighted by Gasteiger charge is 2.74. The molecule has 3 aromatic carbocycles. The Labute approximate surface area is 206 Å². The number of rotatable bonds is 2. The molecule has 3 aliphatic rings. The van der Waals surface area contributed by atoms with Crippen LogP contribution in [-0.4, -0.2) is 29.0 Å². The topological polar surface area (TPSA) is 80.8 Å². The van der Waals surface area contributed by atoms with Gasteiger partial charge >= 0.3 is 0 Å². The molecule has 3 aromatic rings. The van der Waals surface area contributed by atoms with E-state index >= 15 is 0 Å². The number of ketones is 2. The summed E-state index contributed by atoms with van der Waals surface area (Å²) >= 11 is 6.47. The van der Waals surface area contributed by atoms with Gasteiger partial charge < -0.3 is 4.74 Å². The second kappa shape index (κ2) is 7.44. The number of carbonyl (C=O) groups is 4. The van der Waals surface area contributed by atoms with Crippen molar-refractivity contribution >= 4 is 40.7 Å². The summed E-state index contributed by atoms with van der Waals surface area (Å²) in [5.74, 6) is -4.69. The second-order valence-electron chi connectivity index (χ2n) is 9.28. The van der Waals surface area contributed by atoms with Gasteiger partial charge in [-0.25, -0.2) is 4.90 Å². The van der Waals surface area contributed by atoms with E-state index in [0.717, 1.165) is 16.0 Å². The van der Waals surface area contributed by atoms with Gasteiger partial charge in [-0.05, 0) is 43.2 Å². The maximum Gasteiger partial charge on any atom is 0.241 e. The molecule has 3 atom stereocenters. The fraction of sp³-hybridized carbons (Fsp3) is 0.214. The predicted molar refractivity (Wildman–Crippen MR) is 129 cm³/mol. The smallest absolute Gasteiger partial charge is 0.241 e. The van der Waals surface area contributed by atoms with Crippen molar-refractivity contribution in [1.29, 1.82) is 0 Å². The second-order valence-corrected chi connectivity index (χ2v) is 9.69. The Bertz CT molecular complexity index is 1440. The Kier molecular flexibility index (Phi) is 4.66. The molecule has 2 saturated heterocycles. The number of amides is 2. The van der Waals surface area contributed by atoms with Gasteiger partial charge in [0.1, 0.15) is 0 Å². The molecule has 6 nitrogen and oxygen atoms in total. The average Bonchev–Trinajstić information content (AvgIpc) is 3.41. The van der Waals surface area contributed by atoms with E-state index in [1.54, 1.807) is 60.7 Å². The third kappa shape index (κ3) is 2.75. The van der Waals surface area contributed by atoms with E-state index in [0.29, 0.717) is 16.3 Å². The van der Waals surface area contributed by atoms with Crippen molar-refractivity contribution in [3.63, 3.8) is 0 Å². The van der Waals surface area contributed by atoms with Crippen LogP contribution < -0.4 is 4.90 Å². The molecular formula is C28H20ClNO5. The van der Waals surface area contributed by atoms with Gasteiger partial charge in [-0.1, -0.05) is 60.1 Å². The fourth-order valence-electron chi connectivity index (χ4n) is 5.62. The van der Waals surface area contributed by atoms with Gasteiger partial charge in [-0.2, -0.15) is 0 Å². The molecule has 2 fully saturated rings. The Hall–Kier alpha value is -3.61. The van der Waals surface area contributed by atoms with E-state index in [4.69, 9.17) is 16.3 Å². The van der Waals surface area contributed by atoms with E-state index < -0.39 is 46.9 Å². The van der Waals surface area contributed by atoms with Gasteiger partial charge in [0.25, 0.3) is 0 Å². The summed E-state index contributed by atoms with van der Waals surface area (Å²) in [7, 11) is 0. The Morgan fingerprint density at radius 1 is 0.800 bits per heavy atom. The fourth-order valence-corrected chi connectivity index (χ4v) is 5.87. The zero-order valence-corrected chi connectivity index (χ0v) is 19.7. The minimum absolute atomic E-state index is 0.195. The summed E-state index contributed by atoms with van der Waals surface area (Å²) in [5.41, 5.74) is 1.07. The van der Waals surface area contributed by atoms with Crippen LogP contribution in [0.4, 0.5) is 5.69 Å². The molecule has 0 aromatic heterocycles. The van der Waals surface area contributed by atoms with Gasteiger partial charge in [0.15, 0.2) is 0 Å². The molecule has 7 heteroatoms. The van der Waals surface area contributed by atoms with Crippen LogP contribution in [0.3, 0.4) is 0 Å². The van der Waals surface area contributed by atoms with Crippen LogP contribution in [0.1, 0.15) is 43.5 Å². The number of hydrogen-bond donors (Lipinski definition) is 0. The van der Waals surface area contributed by atoms with E-state index in [9.17, 15) is 19.2 Å². The minimum atomic E-state index is -2.11.